The third-order valence-electron chi connectivity index (χ3n) is 4.86. The van der Waals surface area contributed by atoms with Gasteiger partial charge in [-0.3, -0.25) is 4.79 Å². The summed E-state index contributed by atoms with van der Waals surface area (Å²) in [5, 5.41) is 0. The van der Waals surface area contributed by atoms with Gasteiger partial charge in [-0.15, -0.1) is 0 Å². The molecule has 0 N–H and O–H groups in total. The van der Waals surface area contributed by atoms with Crippen LogP contribution in [0.3, 0.4) is 0 Å². The second kappa shape index (κ2) is 7.78. The van der Waals surface area contributed by atoms with Crippen LogP contribution in [0.1, 0.15) is 30.6 Å². The van der Waals surface area contributed by atoms with E-state index in [1.807, 2.05) is 53.4 Å². The van der Waals surface area contributed by atoms with E-state index in [1.54, 1.807) is 6.07 Å². The second-order valence-corrected chi connectivity index (χ2v) is 7.01. The molecule has 1 aliphatic rings. The number of benzene rings is 2. The summed E-state index contributed by atoms with van der Waals surface area (Å²) in [6.07, 6.45) is 3.02. The summed E-state index contributed by atoms with van der Waals surface area (Å²) in [5.74, 6) is 1.46. The summed E-state index contributed by atoms with van der Waals surface area (Å²) in [6, 6.07) is 20.6. The fourth-order valence-corrected chi connectivity index (χ4v) is 3.28. The molecule has 0 aliphatic heterocycles. The molecular formula is C23H22FNO2. The zero-order valence-corrected chi connectivity index (χ0v) is 15.1. The molecule has 1 aliphatic carbocycles. The van der Waals surface area contributed by atoms with Gasteiger partial charge in [0.15, 0.2) is 0 Å². The summed E-state index contributed by atoms with van der Waals surface area (Å²) < 4.78 is 19.3. The smallest absolute Gasteiger partial charge is 0.223 e. The molecule has 4 heteroatoms. The van der Waals surface area contributed by atoms with Crippen molar-refractivity contribution in [2.45, 2.75) is 38.3 Å². The molecule has 1 saturated carbocycles. The van der Waals surface area contributed by atoms with Crippen LogP contribution < -0.4 is 0 Å². The van der Waals surface area contributed by atoms with Gasteiger partial charge in [-0.25, -0.2) is 4.39 Å². The summed E-state index contributed by atoms with van der Waals surface area (Å²) in [5.41, 5.74) is 1.86. The minimum absolute atomic E-state index is 0.0967. The number of aryl methyl sites for hydroxylation is 1. The van der Waals surface area contributed by atoms with E-state index >= 15 is 0 Å². The minimum atomic E-state index is -0.264. The van der Waals surface area contributed by atoms with Gasteiger partial charge in [0.05, 0.1) is 0 Å². The van der Waals surface area contributed by atoms with E-state index in [-0.39, 0.29) is 17.8 Å². The van der Waals surface area contributed by atoms with Crippen molar-refractivity contribution in [3.63, 3.8) is 0 Å². The molecule has 4 rings (SSSR count). The molecule has 1 amide bonds. The quantitative estimate of drug-likeness (QED) is 0.577. The van der Waals surface area contributed by atoms with Crippen LogP contribution in [-0.4, -0.2) is 16.8 Å². The highest BCUT2D eigenvalue weighted by Gasteiger charge is 2.32. The van der Waals surface area contributed by atoms with Crippen molar-refractivity contribution in [3.8, 4) is 11.3 Å². The number of amides is 1. The van der Waals surface area contributed by atoms with Crippen molar-refractivity contribution in [1.29, 1.82) is 0 Å². The monoisotopic (exact) mass is 363 g/mol. The van der Waals surface area contributed by atoms with Crippen molar-refractivity contribution in [3.05, 3.63) is 83.9 Å². The molecule has 2 aromatic carbocycles. The van der Waals surface area contributed by atoms with E-state index in [0.717, 1.165) is 35.5 Å². The largest absolute Gasteiger partial charge is 0.461 e. The minimum Gasteiger partial charge on any atom is -0.461 e. The van der Waals surface area contributed by atoms with Gasteiger partial charge in [-0.1, -0.05) is 42.5 Å². The molecule has 1 fully saturated rings. The first-order chi connectivity index (χ1) is 13.2. The second-order valence-electron chi connectivity index (χ2n) is 7.01. The third-order valence-corrected chi connectivity index (χ3v) is 4.86. The van der Waals surface area contributed by atoms with Gasteiger partial charge in [-0.2, -0.15) is 0 Å². The molecule has 3 aromatic rings. The zero-order chi connectivity index (χ0) is 18.6. The van der Waals surface area contributed by atoms with E-state index in [1.165, 1.54) is 12.1 Å². The van der Waals surface area contributed by atoms with Crippen LogP contribution in [0.2, 0.25) is 0 Å². The first-order valence-electron chi connectivity index (χ1n) is 9.37. The van der Waals surface area contributed by atoms with Crippen LogP contribution in [0.15, 0.2) is 71.1 Å². The Bertz CT molecular complexity index is 915. The van der Waals surface area contributed by atoms with E-state index in [4.69, 9.17) is 4.42 Å². The van der Waals surface area contributed by atoms with Crippen LogP contribution in [0.4, 0.5) is 4.39 Å². The van der Waals surface area contributed by atoms with E-state index < -0.39 is 0 Å². The highest BCUT2D eigenvalue weighted by atomic mass is 19.1. The lowest BCUT2D eigenvalue weighted by Crippen LogP contribution is -2.32. The first-order valence-corrected chi connectivity index (χ1v) is 9.37. The van der Waals surface area contributed by atoms with E-state index in [0.29, 0.717) is 19.4 Å². The predicted octanol–water partition coefficient (Wildman–Crippen LogP) is 5.21. The summed E-state index contributed by atoms with van der Waals surface area (Å²) in [4.78, 5) is 14.6. The Morgan fingerprint density at radius 1 is 1.04 bits per heavy atom. The number of hydrogen-bond acceptors (Lipinski definition) is 2. The highest BCUT2D eigenvalue weighted by molar-refractivity contribution is 5.77. The Labute approximate surface area is 158 Å². The Morgan fingerprint density at radius 3 is 2.59 bits per heavy atom. The number of rotatable bonds is 7. The summed E-state index contributed by atoms with van der Waals surface area (Å²) in [6.45, 7) is 0.467. The molecule has 0 bridgehead atoms. The maximum Gasteiger partial charge on any atom is 0.223 e. The Balaban J connectivity index is 1.38. The predicted molar refractivity (Wildman–Crippen MR) is 102 cm³/mol. The number of halogens is 1. The van der Waals surface area contributed by atoms with Gasteiger partial charge in [0.2, 0.25) is 5.91 Å². The van der Waals surface area contributed by atoms with Crippen molar-refractivity contribution in [2.24, 2.45) is 0 Å². The van der Waals surface area contributed by atoms with Crippen molar-refractivity contribution >= 4 is 5.91 Å². The zero-order valence-electron chi connectivity index (χ0n) is 15.1. The Kier molecular flexibility index (Phi) is 5.05. The molecule has 0 unspecified atom stereocenters. The van der Waals surface area contributed by atoms with Crippen LogP contribution in [0.5, 0.6) is 0 Å². The average molecular weight is 363 g/mol. The van der Waals surface area contributed by atoms with E-state index in [9.17, 15) is 9.18 Å². The van der Waals surface area contributed by atoms with Crippen molar-refractivity contribution in [2.75, 3.05) is 0 Å². The lowest BCUT2D eigenvalue weighted by molar-refractivity contribution is -0.132. The van der Waals surface area contributed by atoms with Crippen molar-refractivity contribution in [1.82, 2.24) is 4.90 Å². The average Bonchev–Trinajstić information content (AvgIpc) is 3.42. The molecule has 0 saturated heterocycles. The van der Waals surface area contributed by atoms with Gasteiger partial charge in [0.25, 0.3) is 0 Å². The summed E-state index contributed by atoms with van der Waals surface area (Å²) >= 11 is 0. The van der Waals surface area contributed by atoms with Crippen LogP contribution in [0.25, 0.3) is 11.3 Å². The standard InChI is InChI=1S/C23H22FNO2/c24-19-8-4-5-17(15-19)16-25(20-9-10-20)23(26)14-12-21-11-13-22(27-21)18-6-2-1-3-7-18/h1-8,11,13,15,20H,9-10,12,14,16H2. The van der Waals surface area contributed by atoms with Gasteiger partial charge in [0.1, 0.15) is 17.3 Å². The van der Waals surface area contributed by atoms with Crippen LogP contribution >= 0.6 is 0 Å². The van der Waals surface area contributed by atoms with E-state index in [2.05, 4.69) is 0 Å². The first kappa shape index (κ1) is 17.5. The fraction of sp³-hybridized carbons (Fsp3) is 0.261. The SMILES string of the molecule is O=C(CCc1ccc(-c2ccccc2)o1)N(Cc1cccc(F)c1)C1CC1. The normalized spacial score (nSPS) is 13.5. The molecule has 0 radical (unpaired) electrons. The molecule has 3 nitrogen and oxygen atoms in total. The number of carbonyl (C=O) groups is 1. The topological polar surface area (TPSA) is 33.5 Å². The van der Waals surface area contributed by atoms with Gasteiger partial charge >= 0.3 is 0 Å². The van der Waals surface area contributed by atoms with Crippen LogP contribution in [0, 0.1) is 5.82 Å². The molecule has 0 atom stereocenters. The fourth-order valence-electron chi connectivity index (χ4n) is 3.28. The van der Waals surface area contributed by atoms with Crippen LogP contribution in [-0.2, 0) is 17.8 Å². The molecule has 27 heavy (non-hydrogen) atoms. The molecule has 1 aromatic heterocycles. The Hall–Kier alpha value is -2.88. The number of furan rings is 1. The Morgan fingerprint density at radius 2 is 1.85 bits per heavy atom. The van der Waals surface area contributed by atoms with Gasteiger partial charge < -0.3 is 9.32 Å². The maximum absolute atomic E-state index is 13.4. The highest BCUT2D eigenvalue weighted by Crippen LogP contribution is 2.29. The number of hydrogen-bond donors (Lipinski definition) is 0. The molecular weight excluding hydrogens is 341 g/mol. The summed E-state index contributed by atoms with van der Waals surface area (Å²) in [7, 11) is 0. The lowest BCUT2D eigenvalue weighted by Gasteiger charge is -2.22. The molecule has 1 heterocycles. The lowest BCUT2D eigenvalue weighted by atomic mass is 10.1. The third kappa shape index (κ3) is 4.45. The maximum atomic E-state index is 13.4. The number of nitrogens with zero attached hydrogens (tertiary/aromatic N) is 1. The molecule has 0 spiro atoms. The number of carbonyl (C=O) groups excluding carboxylic acids is 1. The van der Waals surface area contributed by atoms with Gasteiger partial charge in [0, 0.05) is 31.0 Å². The molecule has 138 valence electrons. The van der Waals surface area contributed by atoms with Crippen molar-refractivity contribution < 1.29 is 13.6 Å². The van der Waals surface area contributed by atoms with Gasteiger partial charge in [-0.05, 0) is 42.7 Å².